The van der Waals surface area contributed by atoms with Crippen LogP contribution in [-0.2, 0) is 0 Å². The molecule has 0 aromatic heterocycles. The van der Waals surface area contributed by atoms with Gasteiger partial charge in [-0.15, -0.1) is 0 Å². The Morgan fingerprint density at radius 1 is 1.57 bits per heavy atom. The van der Waals surface area contributed by atoms with Gasteiger partial charge in [-0.25, -0.2) is 4.39 Å². The van der Waals surface area contributed by atoms with E-state index in [9.17, 15) is 14.3 Å². The molecule has 0 bridgehead atoms. The van der Waals surface area contributed by atoms with Gasteiger partial charge in [0.25, 0.3) is 5.91 Å². The Labute approximate surface area is 124 Å². The molecule has 0 radical (unpaired) electrons. The van der Waals surface area contributed by atoms with Gasteiger partial charge in [0.15, 0.2) is 11.6 Å². The highest BCUT2D eigenvalue weighted by Crippen LogP contribution is 2.32. The Morgan fingerprint density at radius 3 is 2.90 bits per heavy atom. The van der Waals surface area contributed by atoms with Crippen LogP contribution < -0.4 is 10.1 Å². The molecule has 0 spiro atoms. The van der Waals surface area contributed by atoms with Crippen LogP contribution in [0.3, 0.4) is 0 Å². The fourth-order valence-electron chi connectivity index (χ4n) is 3.08. The highest BCUT2D eigenvalue weighted by molar-refractivity contribution is 5.94. The second-order valence-corrected chi connectivity index (χ2v) is 5.94. The second kappa shape index (κ2) is 6.43. The maximum atomic E-state index is 13.7. The standard InChI is InChI=1S/C16H22FNO3/c1-11-4-3-7-16(9-11,10-19)18-15(20)12-5-6-14(21-2)13(17)8-12/h5-6,8,11,19H,3-4,7,9-10H2,1-2H3,(H,18,20). The summed E-state index contributed by atoms with van der Waals surface area (Å²) < 4.78 is 18.5. The minimum atomic E-state index is -0.592. The first-order valence-corrected chi connectivity index (χ1v) is 7.26. The number of rotatable bonds is 4. The average Bonchev–Trinajstić information content (AvgIpc) is 2.47. The van der Waals surface area contributed by atoms with Crippen molar-refractivity contribution in [1.29, 1.82) is 0 Å². The number of methoxy groups -OCH3 is 1. The van der Waals surface area contributed by atoms with Gasteiger partial charge in [-0.05, 0) is 37.0 Å². The van der Waals surface area contributed by atoms with Gasteiger partial charge in [0.2, 0.25) is 0 Å². The van der Waals surface area contributed by atoms with Gasteiger partial charge in [-0.2, -0.15) is 0 Å². The monoisotopic (exact) mass is 295 g/mol. The van der Waals surface area contributed by atoms with Crippen molar-refractivity contribution < 1.29 is 19.0 Å². The van der Waals surface area contributed by atoms with E-state index in [2.05, 4.69) is 12.2 Å². The lowest BCUT2D eigenvalue weighted by molar-refractivity contribution is 0.0696. The predicted molar refractivity (Wildman–Crippen MR) is 77.9 cm³/mol. The van der Waals surface area contributed by atoms with Crippen LogP contribution in [0.5, 0.6) is 5.75 Å². The van der Waals surface area contributed by atoms with Crippen LogP contribution in [0.2, 0.25) is 0 Å². The summed E-state index contributed by atoms with van der Waals surface area (Å²) >= 11 is 0. The van der Waals surface area contributed by atoms with E-state index >= 15 is 0 Å². The number of carbonyl (C=O) groups is 1. The Morgan fingerprint density at radius 2 is 2.33 bits per heavy atom. The number of aliphatic hydroxyl groups excluding tert-OH is 1. The molecule has 116 valence electrons. The smallest absolute Gasteiger partial charge is 0.251 e. The van der Waals surface area contributed by atoms with E-state index in [1.807, 2.05) is 0 Å². The van der Waals surface area contributed by atoms with E-state index in [1.54, 1.807) is 0 Å². The third-order valence-electron chi connectivity index (χ3n) is 4.19. The van der Waals surface area contributed by atoms with Crippen LogP contribution in [0, 0.1) is 11.7 Å². The molecule has 5 heteroatoms. The summed E-state index contributed by atoms with van der Waals surface area (Å²) in [5, 5.41) is 12.6. The molecular formula is C16H22FNO3. The summed E-state index contributed by atoms with van der Waals surface area (Å²) in [7, 11) is 1.38. The Hall–Kier alpha value is -1.62. The third kappa shape index (κ3) is 3.53. The average molecular weight is 295 g/mol. The fraction of sp³-hybridized carbons (Fsp3) is 0.562. The molecule has 1 saturated carbocycles. The van der Waals surface area contributed by atoms with Crippen molar-refractivity contribution >= 4 is 5.91 Å². The first-order chi connectivity index (χ1) is 9.99. The van der Waals surface area contributed by atoms with Crippen LogP contribution in [0.25, 0.3) is 0 Å². The first kappa shape index (κ1) is 15.8. The van der Waals surface area contributed by atoms with Gasteiger partial charge >= 0.3 is 0 Å². The van der Waals surface area contributed by atoms with Gasteiger partial charge in [0.05, 0.1) is 19.3 Å². The number of nitrogens with one attached hydrogen (secondary N) is 1. The molecular weight excluding hydrogens is 273 g/mol. The zero-order valence-electron chi connectivity index (χ0n) is 12.5. The molecule has 2 atom stereocenters. The summed E-state index contributed by atoms with van der Waals surface area (Å²) in [4.78, 5) is 12.3. The molecule has 0 aliphatic heterocycles. The maximum absolute atomic E-state index is 13.7. The highest BCUT2D eigenvalue weighted by Gasteiger charge is 2.36. The molecule has 1 aliphatic rings. The summed E-state index contributed by atoms with van der Waals surface area (Å²) in [6, 6.07) is 4.11. The fourth-order valence-corrected chi connectivity index (χ4v) is 3.08. The minimum Gasteiger partial charge on any atom is -0.494 e. The SMILES string of the molecule is COc1ccc(C(=O)NC2(CO)CCCC(C)C2)cc1F. The van der Waals surface area contributed by atoms with Crippen LogP contribution in [0.1, 0.15) is 43.0 Å². The lowest BCUT2D eigenvalue weighted by Gasteiger charge is -2.39. The number of hydrogen-bond acceptors (Lipinski definition) is 3. The molecule has 0 heterocycles. The van der Waals surface area contributed by atoms with Crippen molar-refractivity contribution in [3.63, 3.8) is 0 Å². The summed E-state index contributed by atoms with van der Waals surface area (Å²) in [5.41, 5.74) is -0.357. The third-order valence-corrected chi connectivity index (χ3v) is 4.19. The van der Waals surface area contributed by atoms with Crippen LogP contribution in [0.15, 0.2) is 18.2 Å². The number of ether oxygens (including phenoxy) is 1. The second-order valence-electron chi connectivity index (χ2n) is 5.94. The van der Waals surface area contributed by atoms with E-state index < -0.39 is 11.4 Å². The molecule has 1 fully saturated rings. The molecule has 1 amide bonds. The van der Waals surface area contributed by atoms with Gasteiger partial charge in [0.1, 0.15) is 0 Å². The van der Waals surface area contributed by atoms with Gasteiger partial charge < -0.3 is 15.2 Å². The Bertz CT molecular complexity index is 520. The van der Waals surface area contributed by atoms with E-state index in [1.165, 1.54) is 19.2 Å². The molecule has 21 heavy (non-hydrogen) atoms. The van der Waals surface area contributed by atoms with Gasteiger partial charge in [0, 0.05) is 5.56 Å². The zero-order valence-corrected chi connectivity index (χ0v) is 12.5. The zero-order chi connectivity index (χ0) is 15.5. The molecule has 2 rings (SSSR count). The first-order valence-electron chi connectivity index (χ1n) is 7.26. The summed E-state index contributed by atoms with van der Waals surface area (Å²) in [6.45, 7) is 2.02. The quantitative estimate of drug-likeness (QED) is 0.897. The van der Waals surface area contributed by atoms with E-state index in [-0.39, 0.29) is 23.8 Å². The molecule has 4 nitrogen and oxygen atoms in total. The number of amides is 1. The maximum Gasteiger partial charge on any atom is 0.251 e. The lowest BCUT2D eigenvalue weighted by atomic mass is 9.76. The molecule has 0 saturated heterocycles. The van der Waals surface area contributed by atoms with E-state index in [0.29, 0.717) is 5.92 Å². The summed E-state index contributed by atoms with van der Waals surface area (Å²) in [5.74, 6) is -0.367. The highest BCUT2D eigenvalue weighted by atomic mass is 19.1. The number of aliphatic hydroxyl groups is 1. The van der Waals surface area contributed by atoms with E-state index in [0.717, 1.165) is 31.7 Å². The van der Waals surface area contributed by atoms with Crippen molar-refractivity contribution in [3.8, 4) is 5.75 Å². The van der Waals surface area contributed by atoms with Crippen molar-refractivity contribution in [2.24, 2.45) is 5.92 Å². The Balaban J connectivity index is 2.14. The number of benzene rings is 1. The molecule has 2 N–H and O–H groups in total. The van der Waals surface area contributed by atoms with Crippen LogP contribution in [0.4, 0.5) is 4.39 Å². The van der Waals surface area contributed by atoms with E-state index in [4.69, 9.17) is 4.74 Å². The van der Waals surface area contributed by atoms with Crippen molar-refractivity contribution in [1.82, 2.24) is 5.32 Å². The normalized spacial score (nSPS) is 25.4. The van der Waals surface area contributed by atoms with Crippen LogP contribution >= 0.6 is 0 Å². The van der Waals surface area contributed by atoms with Crippen molar-refractivity contribution in [2.45, 2.75) is 38.1 Å². The lowest BCUT2D eigenvalue weighted by Crippen LogP contribution is -2.53. The number of carbonyl (C=O) groups excluding carboxylic acids is 1. The van der Waals surface area contributed by atoms with Crippen LogP contribution in [-0.4, -0.2) is 30.3 Å². The molecule has 1 aromatic rings. The molecule has 1 aliphatic carbocycles. The number of halogens is 1. The molecule has 2 unspecified atom stereocenters. The minimum absolute atomic E-state index is 0.0955. The number of hydrogen-bond donors (Lipinski definition) is 2. The van der Waals surface area contributed by atoms with Crippen molar-refractivity contribution in [2.75, 3.05) is 13.7 Å². The van der Waals surface area contributed by atoms with Gasteiger partial charge in [-0.1, -0.05) is 19.8 Å². The Kier molecular flexibility index (Phi) is 4.83. The predicted octanol–water partition coefficient (Wildman–Crippen LogP) is 2.51. The van der Waals surface area contributed by atoms with Crippen molar-refractivity contribution in [3.05, 3.63) is 29.6 Å². The van der Waals surface area contributed by atoms with Gasteiger partial charge in [-0.3, -0.25) is 4.79 Å². The topological polar surface area (TPSA) is 58.6 Å². The largest absolute Gasteiger partial charge is 0.494 e. The molecule has 1 aromatic carbocycles. The summed E-state index contributed by atoms with van der Waals surface area (Å²) in [6.07, 6.45) is 3.57.